The summed E-state index contributed by atoms with van der Waals surface area (Å²) in [6.45, 7) is 0. The summed E-state index contributed by atoms with van der Waals surface area (Å²) >= 11 is 0. The Hall–Kier alpha value is -3.74. The first-order valence-corrected chi connectivity index (χ1v) is 8.14. The van der Waals surface area contributed by atoms with E-state index in [0.717, 1.165) is 0 Å². The Balaban J connectivity index is 1.83. The number of hydrogen-bond donors (Lipinski definition) is 1. The van der Waals surface area contributed by atoms with Crippen molar-refractivity contribution in [1.29, 1.82) is 0 Å². The van der Waals surface area contributed by atoms with Gasteiger partial charge in [0.2, 0.25) is 6.10 Å². The molecule has 3 rings (SSSR count). The quantitative estimate of drug-likeness (QED) is 0.677. The molecule has 2 aromatic carbocycles. The Morgan fingerprint density at radius 3 is 2.56 bits per heavy atom. The number of nitrogens with one attached hydrogen (secondary N) is 1. The molecule has 0 fully saturated rings. The second kappa shape index (κ2) is 8.57. The summed E-state index contributed by atoms with van der Waals surface area (Å²) in [5.41, 5.74) is 1.08. The summed E-state index contributed by atoms with van der Waals surface area (Å²) in [5, 5.41) is 2.74. The van der Waals surface area contributed by atoms with E-state index in [1.165, 1.54) is 25.7 Å². The lowest BCUT2D eigenvalue weighted by Gasteiger charge is -2.18. The molecule has 0 bridgehead atoms. The first-order chi connectivity index (χ1) is 13.2. The minimum absolute atomic E-state index is 0.0209. The lowest BCUT2D eigenvalue weighted by atomic mass is 10.1. The monoisotopic (exact) mass is 363 g/mol. The molecule has 0 aliphatic heterocycles. The highest BCUT2D eigenvalue weighted by Gasteiger charge is 2.26. The van der Waals surface area contributed by atoms with E-state index in [1.54, 1.807) is 48.5 Å². The van der Waals surface area contributed by atoms with Crippen LogP contribution in [0.15, 0.2) is 73.2 Å². The van der Waals surface area contributed by atoms with Crippen LogP contribution in [0.4, 0.5) is 5.69 Å². The van der Waals surface area contributed by atoms with Gasteiger partial charge in [0.1, 0.15) is 5.75 Å². The molecule has 7 heteroatoms. The van der Waals surface area contributed by atoms with Crippen molar-refractivity contribution in [2.45, 2.75) is 6.10 Å². The van der Waals surface area contributed by atoms with Gasteiger partial charge in [-0.1, -0.05) is 36.4 Å². The van der Waals surface area contributed by atoms with E-state index in [9.17, 15) is 9.59 Å². The largest absolute Gasteiger partial charge is 0.497 e. The van der Waals surface area contributed by atoms with Gasteiger partial charge in [-0.05, 0) is 12.1 Å². The van der Waals surface area contributed by atoms with Crippen molar-refractivity contribution < 1.29 is 19.1 Å². The van der Waals surface area contributed by atoms with E-state index < -0.39 is 18.0 Å². The van der Waals surface area contributed by atoms with Crippen LogP contribution in [0.5, 0.6) is 5.75 Å². The Morgan fingerprint density at radius 2 is 1.85 bits per heavy atom. The van der Waals surface area contributed by atoms with Gasteiger partial charge in [0.15, 0.2) is 5.69 Å². The first kappa shape index (κ1) is 18.1. The number of rotatable bonds is 6. The molecule has 1 aromatic heterocycles. The molecule has 0 saturated carbocycles. The third-order valence-electron chi connectivity index (χ3n) is 3.67. The zero-order valence-corrected chi connectivity index (χ0v) is 14.5. The van der Waals surface area contributed by atoms with Gasteiger partial charge in [-0.2, -0.15) is 0 Å². The fourth-order valence-electron chi connectivity index (χ4n) is 2.38. The van der Waals surface area contributed by atoms with E-state index >= 15 is 0 Å². The Labute approximate surface area is 156 Å². The second-order valence-corrected chi connectivity index (χ2v) is 5.51. The van der Waals surface area contributed by atoms with Crippen molar-refractivity contribution in [3.05, 3.63) is 84.4 Å². The number of aromatic nitrogens is 2. The maximum absolute atomic E-state index is 12.8. The van der Waals surface area contributed by atoms with Gasteiger partial charge in [0.25, 0.3) is 5.91 Å². The molecule has 0 spiro atoms. The molecule has 1 amide bonds. The lowest BCUT2D eigenvalue weighted by molar-refractivity contribution is -0.125. The zero-order valence-electron chi connectivity index (χ0n) is 14.5. The second-order valence-electron chi connectivity index (χ2n) is 5.51. The molecule has 0 radical (unpaired) electrons. The number of hydrogen-bond acceptors (Lipinski definition) is 6. The predicted octanol–water partition coefficient (Wildman–Crippen LogP) is 3.02. The van der Waals surface area contributed by atoms with Gasteiger partial charge in [-0.25, -0.2) is 9.78 Å². The molecule has 0 saturated heterocycles. The zero-order chi connectivity index (χ0) is 19.1. The lowest BCUT2D eigenvalue weighted by Crippen LogP contribution is -2.26. The molecule has 1 atom stereocenters. The van der Waals surface area contributed by atoms with Crippen LogP contribution in [-0.4, -0.2) is 29.0 Å². The van der Waals surface area contributed by atoms with E-state index in [-0.39, 0.29) is 5.69 Å². The van der Waals surface area contributed by atoms with Crippen molar-refractivity contribution in [1.82, 2.24) is 9.97 Å². The Kier molecular flexibility index (Phi) is 5.73. The predicted molar refractivity (Wildman–Crippen MR) is 98.3 cm³/mol. The number of anilines is 1. The number of ether oxygens (including phenoxy) is 2. The molecule has 0 aliphatic carbocycles. The Morgan fingerprint density at radius 1 is 1.04 bits per heavy atom. The molecule has 7 nitrogen and oxygen atoms in total. The highest BCUT2D eigenvalue weighted by atomic mass is 16.5. The van der Waals surface area contributed by atoms with Crippen LogP contribution in [-0.2, 0) is 9.53 Å². The standard InChI is InChI=1S/C20H17N3O4/c1-26-16-9-5-8-15(12-16)23-19(24)18(14-6-3-2-4-7-14)27-20(25)17-13-21-10-11-22-17/h2-13,18H,1H3,(H,23,24)/t18-/m1/s1. The third-order valence-corrected chi connectivity index (χ3v) is 3.67. The van der Waals surface area contributed by atoms with Crippen LogP contribution in [0.2, 0.25) is 0 Å². The number of benzene rings is 2. The van der Waals surface area contributed by atoms with Crippen LogP contribution in [0.25, 0.3) is 0 Å². The van der Waals surface area contributed by atoms with Gasteiger partial charge in [0.05, 0.1) is 13.3 Å². The number of nitrogens with zero attached hydrogens (tertiary/aromatic N) is 2. The smallest absolute Gasteiger partial charge is 0.359 e. The fourth-order valence-corrected chi connectivity index (χ4v) is 2.38. The SMILES string of the molecule is COc1cccc(NC(=O)[C@H](OC(=O)c2cnccn2)c2ccccc2)c1. The summed E-state index contributed by atoms with van der Waals surface area (Å²) in [6.07, 6.45) is 2.96. The molecule has 3 aromatic rings. The van der Waals surface area contributed by atoms with Crippen LogP contribution in [0, 0.1) is 0 Å². The van der Waals surface area contributed by atoms with E-state index in [0.29, 0.717) is 17.0 Å². The normalized spacial score (nSPS) is 11.3. The summed E-state index contributed by atoms with van der Waals surface area (Å²) < 4.78 is 10.6. The van der Waals surface area contributed by atoms with Crippen molar-refractivity contribution in [3.63, 3.8) is 0 Å². The van der Waals surface area contributed by atoms with Crippen molar-refractivity contribution in [2.24, 2.45) is 0 Å². The first-order valence-electron chi connectivity index (χ1n) is 8.14. The van der Waals surface area contributed by atoms with Crippen LogP contribution in [0.3, 0.4) is 0 Å². The van der Waals surface area contributed by atoms with E-state index in [4.69, 9.17) is 9.47 Å². The van der Waals surface area contributed by atoms with Crippen LogP contribution in [0.1, 0.15) is 22.2 Å². The summed E-state index contributed by atoms with van der Waals surface area (Å²) in [7, 11) is 1.54. The third kappa shape index (κ3) is 4.66. The highest BCUT2D eigenvalue weighted by Crippen LogP contribution is 2.23. The molecule has 136 valence electrons. The van der Waals surface area contributed by atoms with E-state index in [1.807, 2.05) is 6.07 Å². The number of methoxy groups -OCH3 is 1. The average Bonchev–Trinajstić information content (AvgIpc) is 2.73. The molecular weight excluding hydrogens is 346 g/mol. The number of carbonyl (C=O) groups excluding carboxylic acids is 2. The molecule has 0 unspecified atom stereocenters. The van der Waals surface area contributed by atoms with Crippen LogP contribution >= 0.6 is 0 Å². The van der Waals surface area contributed by atoms with E-state index in [2.05, 4.69) is 15.3 Å². The Bertz CT molecular complexity index is 917. The fraction of sp³-hybridized carbons (Fsp3) is 0.100. The number of esters is 1. The molecule has 1 N–H and O–H groups in total. The minimum Gasteiger partial charge on any atom is -0.497 e. The van der Waals surface area contributed by atoms with Gasteiger partial charge in [-0.3, -0.25) is 9.78 Å². The van der Waals surface area contributed by atoms with Crippen molar-refractivity contribution >= 4 is 17.6 Å². The highest BCUT2D eigenvalue weighted by molar-refractivity contribution is 5.97. The molecular formula is C20H17N3O4. The number of carbonyl (C=O) groups is 2. The van der Waals surface area contributed by atoms with Crippen LogP contribution < -0.4 is 10.1 Å². The summed E-state index contributed by atoms with van der Waals surface area (Å²) in [5.74, 6) is -0.634. The van der Waals surface area contributed by atoms with Gasteiger partial charge in [0, 0.05) is 29.7 Å². The van der Waals surface area contributed by atoms with Gasteiger partial charge in [-0.15, -0.1) is 0 Å². The number of amides is 1. The summed E-state index contributed by atoms with van der Waals surface area (Å²) in [4.78, 5) is 32.9. The molecule has 0 aliphatic rings. The maximum Gasteiger partial charge on any atom is 0.359 e. The average molecular weight is 363 g/mol. The minimum atomic E-state index is -1.15. The maximum atomic E-state index is 12.8. The van der Waals surface area contributed by atoms with Gasteiger partial charge < -0.3 is 14.8 Å². The topological polar surface area (TPSA) is 90.4 Å². The summed E-state index contributed by atoms with van der Waals surface area (Å²) in [6, 6.07) is 15.6. The van der Waals surface area contributed by atoms with Crippen molar-refractivity contribution in [3.8, 4) is 5.75 Å². The van der Waals surface area contributed by atoms with Gasteiger partial charge >= 0.3 is 5.97 Å². The molecule has 1 heterocycles. The molecule has 27 heavy (non-hydrogen) atoms. The van der Waals surface area contributed by atoms with Crippen molar-refractivity contribution in [2.75, 3.05) is 12.4 Å².